The smallest absolute Gasteiger partial charge is 0.417 e. The minimum atomic E-state index is -4.85. The highest BCUT2D eigenvalue weighted by Crippen LogP contribution is 2.41. The van der Waals surface area contributed by atoms with E-state index < -0.39 is 34.8 Å². The van der Waals surface area contributed by atoms with Crippen LogP contribution in [0.2, 0.25) is 0 Å². The molecule has 2 aromatic rings. The molecule has 1 fully saturated rings. The first-order chi connectivity index (χ1) is 14.6. The van der Waals surface area contributed by atoms with Gasteiger partial charge in [-0.15, -0.1) is 5.92 Å². The van der Waals surface area contributed by atoms with Crippen molar-refractivity contribution in [3.8, 4) is 23.7 Å². The number of halogens is 3. The van der Waals surface area contributed by atoms with Crippen molar-refractivity contribution in [3.63, 3.8) is 0 Å². The van der Waals surface area contributed by atoms with Crippen LogP contribution < -0.4 is 4.90 Å². The van der Waals surface area contributed by atoms with E-state index >= 15 is 0 Å². The zero-order chi connectivity index (χ0) is 23.0. The van der Waals surface area contributed by atoms with E-state index in [1.165, 1.54) is 37.3 Å². The highest BCUT2D eigenvalue weighted by molar-refractivity contribution is 6.23. The Balaban J connectivity index is 2.18. The minimum absolute atomic E-state index is 0.0530. The average molecular weight is 427 g/mol. The Bertz CT molecular complexity index is 1160. The van der Waals surface area contributed by atoms with Crippen molar-refractivity contribution in [2.75, 3.05) is 11.4 Å². The van der Waals surface area contributed by atoms with Crippen molar-refractivity contribution in [2.24, 2.45) is 0 Å². The van der Waals surface area contributed by atoms with Crippen molar-refractivity contribution < 1.29 is 27.9 Å². The third-order valence-electron chi connectivity index (χ3n) is 5.11. The molecule has 2 aromatic carbocycles. The number of urea groups is 1. The second kappa shape index (κ2) is 7.69. The molecule has 0 radical (unpaired) electrons. The van der Waals surface area contributed by atoms with Crippen molar-refractivity contribution in [1.29, 1.82) is 5.26 Å². The number of alkyl halides is 3. The van der Waals surface area contributed by atoms with Crippen LogP contribution in [-0.4, -0.2) is 28.5 Å². The predicted molar refractivity (Wildman–Crippen MR) is 105 cm³/mol. The minimum Gasteiger partial charge on any atom is -0.508 e. The standard InChI is InChI=1S/C22H16F3N3O3/c1-3-4-11-27-20(31)28(16-8-5-14(13-26)18(12-16)22(23,24)25)19(30)21(27,2)15-6-9-17(29)10-7-15/h5-10,12,29H,11H2,1-2H3. The monoisotopic (exact) mass is 427 g/mol. The number of benzene rings is 2. The van der Waals surface area contributed by atoms with Gasteiger partial charge in [0.1, 0.15) is 11.3 Å². The average Bonchev–Trinajstić information content (AvgIpc) is 2.92. The number of carbonyl (C=O) groups is 2. The molecule has 0 spiro atoms. The van der Waals surface area contributed by atoms with Crippen LogP contribution in [0.15, 0.2) is 42.5 Å². The van der Waals surface area contributed by atoms with Gasteiger partial charge >= 0.3 is 12.2 Å². The summed E-state index contributed by atoms with van der Waals surface area (Å²) in [4.78, 5) is 28.4. The molecule has 31 heavy (non-hydrogen) atoms. The molecule has 3 rings (SSSR count). The van der Waals surface area contributed by atoms with E-state index in [9.17, 15) is 27.9 Å². The van der Waals surface area contributed by atoms with Crippen LogP contribution in [0.4, 0.5) is 23.7 Å². The summed E-state index contributed by atoms with van der Waals surface area (Å²) in [5.74, 6) is 4.50. The fourth-order valence-electron chi connectivity index (χ4n) is 3.41. The molecule has 1 aliphatic heterocycles. The second-order valence-electron chi connectivity index (χ2n) is 6.89. The SMILES string of the molecule is CC#CCN1C(=O)N(c2ccc(C#N)c(C(F)(F)F)c2)C(=O)C1(C)c1ccc(O)cc1. The summed E-state index contributed by atoms with van der Waals surface area (Å²) in [6.07, 6.45) is -4.85. The molecule has 1 saturated heterocycles. The Morgan fingerprint density at radius 1 is 1.13 bits per heavy atom. The van der Waals surface area contributed by atoms with Gasteiger partial charge in [0, 0.05) is 0 Å². The van der Waals surface area contributed by atoms with E-state index in [0.717, 1.165) is 17.0 Å². The summed E-state index contributed by atoms with van der Waals surface area (Å²) in [5, 5.41) is 18.6. The first kappa shape index (κ1) is 21.7. The van der Waals surface area contributed by atoms with E-state index in [1.807, 2.05) is 0 Å². The maximum Gasteiger partial charge on any atom is 0.417 e. The van der Waals surface area contributed by atoms with Crippen LogP contribution in [0.5, 0.6) is 5.75 Å². The quantitative estimate of drug-likeness (QED) is 0.593. The van der Waals surface area contributed by atoms with E-state index in [4.69, 9.17) is 5.26 Å². The zero-order valence-corrected chi connectivity index (χ0v) is 16.5. The van der Waals surface area contributed by atoms with Crippen LogP contribution in [0.3, 0.4) is 0 Å². The topological polar surface area (TPSA) is 84.6 Å². The highest BCUT2D eigenvalue weighted by Gasteiger charge is 2.56. The lowest BCUT2D eigenvalue weighted by Crippen LogP contribution is -2.44. The van der Waals surface area contributed by atoms with E-state index in [1.54, 1.807) is 6.92 Å². The lowest BCUT2D eigenvalue weighted by Gasteiger charge is -2.30. The molecule has 0 aliphatic carbocycles. The van der Waals surface area contributed by atoms with Gasteiger partial charge in [-0.2, -0.15) is 18.4 Å². The molecule has 158 valence electrons. The van der Waals surface area contributed by atoms with Crippen LogP contribution in [0, 0.1) is 23.2 Å². The van der Waals surface area contributed by atoms with Crippen LogP contribution in [0.25, 0.3) is 0 Å². The van der Waals surface area contributed by atoms with Gasteiger partial charge in [0.2, 0.25) is 0 Å². The number of phenolic OH excluding ortho intramolecular Hbond substituents is 1. The van der Waals surface area contributed by atoms with Gasteiger partial charge in [0.15, 0.2) is 0 Å². The second-order valence-corrected chi connectivity index (χ2v) is 6.89. The maximum absolute atomic E-state index is 13.4. The molecule has 1 atom stereocenters. The number of anilines is 1. The Kier molecular flexibility index (Phi) is 5.39. The van der Waals surface area contributed by atoms with Crippen molar-refractivity contribution in [2.45, 2.75) is 25.6 Å². The largest absolute Gasteiger partial charge is 0.508 e. The van der Waals surface area contributed by atoms with Crippen molar-refractivity contribution in [3.05, 3.63) is 59.2 Å². The molecule has 1 N–H and O–H groups in total. The number of nitrogens with zero attached hydrogens (tertiary/aromatic N) is 3. The number of carbonyl (C=O) groups excluding carboxylic acids is 2. The number of hydrogen-bond donors (Lipinski definition) is 1. The van der Waals surface area contributed by atoms with Gasteiger partial charge in [0.05, 0.1) is 29.4 Å². The fraction of sp³-hybridized carbons (Fsp3) is 0.227. The molecular formula is C22H16F3N3O3. The Hall–Kier alpha value is -3.98. The molecule has 0 aromatic heterocycles. The van der Waals surface area contributed by atoms with Crippen molar-refractivity contribution in [1.82, 2.24) is 4.90 Å². The van der Waals surface area contributed by atoms with Gasteiger partial charge in [-0.3, -0.25) is 9.69 Å². The molecule has 9 heteroatoms. The van der Waals surface area contributed by atoms with Gasteiger partial charge in [0.25, 0.3) is 5.91 Å². The zero-order valence-electron chi connectivity index (χ0n) is 16.5. The van der Waals surface area contributed by atoms with Gasteiger partial charge in [-0.05, 0) is 49.7 Å². The molecule has 6 nitrogen and oxygen atoms in total. The van der Waals surface area contributed by atoms with Gasteiger partial charge < -0.3 is 5.11 Å². The number of hydrogen-bond acceptors (Lipinski definition) is 4. The fourth-order valence-corrected chi connectivity index (χ4v) is 3.41. The molecular weight excluding hydrogens is 411 g/mol. The summed E-state index contributed by atoms with van der Waals surface area (Å²) in [5.41, 5.74) is -3.38. The summed E-state index contributed by atoms with van der Waals surface area (Å²) in [7, 11) is 0. The highest BCUT2D eigenvalue weighted by atomic mass is 19.4. The first-order valence-electron chi connectivity index (χ1n) is 9.02. The third-order valence-corrected chi connectivity index (χ3v) is 5.11. The normalized spacial score (nSPS) is 18.6. The van der Waals surface area contributed by atoms with Crippen molar-refractivity contribution >= 4 is 17.6 Å². The Morgan fingerprint density at radius 3 is 2.32 bits per heavy atom. The van der Waals surface area contributed by atoms with Gasteiger partial charge in [-0.25, -0.2) is 9.69 Å². The van der Waals surface area contributed by atoms with Crippen LogP contribution >= 0.6 is 0 Å². The van der Waals surface area contributed by atoms with E-state index in [0.29, 0.717) is 16.5 Å². The summed E-state index contributed by atoms with van der Waals surface area (Å²) < 4.78 is 40.2. The first-order valence-corrected chi connectivity index (χ1v) is 9.02. The van der Waals surface area contributed by atoms with Gasteiger partial charge in [-0.1, -0.05) is 18.1 Å². The number of phenols is 1. The molecule has 0 saturated carbocycles. The Morgan fingerprint density at radius 2 is 1.77 bits per heavy atom. The van der Waals surface area contributed by atoms with Crippen LogP contribution in [0.1, 0.15) is 30.5 Å². The summed E-state index contributed by atoms with van der Waals surface area (Å²) in [6, 6.07) is 8.87. The lowest BCUT2D eigenvalue weighted by atomic mass is 9.90. The van der Waals surface area contributed by atoms with E-state index in [-0.39, 0.29) is 18.0 Å². The van der Waals surface area contributed by atoms with E-state index in [2.05, 4.69) is 11.8 Å². The predicted octanol–water partition coefficient (Wildman–Crippen LogP) is 3.99. The maximum atomic E-state index is 13.4. The number of rotatable bonds is 3. The Labute approximate surface area is 176 Å². The van der Waals surface area contributed by atoms with Crippen LogP contribution in [-0.2, 0) is 16.5 Å². The number of amides is 3. The molecule has 1 heterocycles. The third kappa shape index (κ3) is 3.55. The number of nitriles is 1. The molecule has 1 unspecified atom stereocenters. The summed E-state index contributed by atoms with van der Waals surface area (Å²) >= 11 is 0. The number of aromatic hydroxyl groups is 1. The lowest BCUT2D eigenvalue weighted by molar-refractivity contribution is -0.137. The summed E-state index contributed by atoms with van der Waals surface area (Å²) in [6.45, 7) is 2.87. The molecule has 1 aliphatic rings. The number of imide groups is 1. The molecule has 3 amide bonds. The molecule has 0 bridgehead atoms.